The second-order valence-electron chi connectivity index (χ2n) is 8.62. The highest BCUT2D eigenvalue weighted by Crippen LogP contribution is 2.39. The van der Waals surface area contributed by atoms with Crippen LogP contribution >= 0.6 is 0 Å². The zero-order valence-electron chi connectivity index (χ0n) is 18.1. The van der Waals surface area contributed by atoms with E-state index in [1.807, 2.05) is 0 Å². The number of nitrogens with zero attached hydrogens (tertiary/aromatic N) is 1. The summed E-state index contributed by atoms with van der Waals surface area (Å²) >= 11 is 0. The minimum atomic E-state index is 1.18. The van der Waals surface area contributed by atoms with Crippen LogP contribution in [-0.4, -0.2) is 4.57 Å². The Morgan fingerprint density at radius 3 is 1.58 bits per heavy atom. The maximum atomic E-state index is 2.38. The van der Waals surface area contributed by atoms with Crippen molar-refractivity contribution in [3.05, 3.63) is 128 Å². The zero-order valence-corrected chi connectivity index (χ0v) is 18.1. The van der Waals surface area contributed by atoms with E-state index in [2.05, 4.69) is 132 Å². The standard InChI is InChI=1S/C32H21N/c1-2-10-23(11-3-1)33-21-31(29-16-8-9-17-32(29)33)22-18-19-28-26-14-5-4-12-24(26)25-13-6-7-15-27(25)30(28)20-22/h1-21H. The maximum Gasteiger partial charge on any atom is 0.0534 e. The second-order valence-corrected chi connectivity index (χ2v) is 8.62. The van der Waals surface area contributed by atoms with Gasteiger partial charge < -0.3 is 4.57 Å². The Labute approximate surface area is 192 Å². The topological polar surface area (TPSA) is 4.93 Å². The molecule has 7 rings (SSSR count). The molecule has 33 heavy (non-hydrogen) atoms. The van der Waals surface area contributed by atoms with Crippen LogP contribution in [0.3, 0.4) is 0 Å². The van der Waals surface area contributed by atoms with E-state index in [0.29, 0.717) is 0 Å². The molecular formula is C32H21N. The molecule has 0 aliphatic rings. The Morgan fingerprint density at radius 2 is 0.909 bits per heavy atom. The van der Waals surface area contributed by atoms with Gasteiger partial charge in [-0.05, 0) is 62.1 Å². The quantitative estimate of drug-likeness (QED) is 0.247. The van der Waals surface area contributed by atoms with Crippen molar-refractivity contribution in [3.8, 4) is 16.8 Å². The number of aromatic nitrogens is 1. The van der Waals surface area contributed by atoms with Gasteiger partial charge in [0.1, 0.15) is 0 Å². The molecule has 0 radical (unpaired) electrons. The summed E-state index contributed by atoms with van der Waals surface area (Å²) in [7, 11) is 0. The number of para-hydroxylation sites is 2. The van der Waals surface area contributed by atoms with Crippen LogP contribution in [0.5, 0.6) is 0 Å². The van der Waals surface area contributed by atoms with Crippen LogP contribution in [0, 0.1) is 0 Å². The summed E-state index contributed by atoms with van der Waals surface area (Å²) in [6.07, 6.45) is 2.28. The molecule has 0 bridgehead atoms. The van der Waals surface area contributed by atoms with Gasteiger partial charge in [-0.1, -0.05) is 97.1 Å². The van der Waals surface area contributed by atoms with Crippen molar-refractivity contribution in [2.45, 2.75) is 0 Å². The molecule has 1 nitrogen and oxygen atoms in total. The lowest BCUT2D eigenvalue weighted by Gasteiger charge is -2.11. The molecule has 1 heteroatoms. The van der Waals surface area contributed by atoms with Crippen LogP contribution in [0.4, 0.5) is 0 Å². The summed E-state index contributed by atoms with van der Waals surface area (Å²) in [5.41, 5.74) is 4.90. The first kappa shape index (κ1) is 18.2. The molecule has 0 spiro atoms. The molecular weight excluding hydrogens is 398 g/mol. The number of rotatable bonds is 2. The molecule has 1 aromatic heterocycles. The van der Waals surface area contributed by atoms with Gasteiger partial charge >= 0.3 is 0 Å². The molecule has 0 saturated carbocycles. The van der Waals surface area contributed by atoms with Crippen molar-refractivity contribution in [2.24, 2.45) is 0 Å². The van der Waals surface area contributed by atoms with Gasteiger partial charge in [-0.2, -0.15) is 0 Å². The first-order chi connectivity index (χ1) is 16.4. The molecule has 0 unspecified atom stereocenters. The summed E-state index contributed by atoms with van der Waals surface area (Å²) in [4.78, 5) is 0. The fraction of sp³-hybridized carbons (Fsp3) is 0. The van der Waals surface area contributed by atoms with E-state index in [1.165, 1.54) is 60.0 Å². The molecule has 0 N–H and O–H groups in total. The maximum absolute atomic E-state index is 2.38. The van der Waals surface area contributed by atoms with Crippen LogP contribution in [0.15, 0.2) is 128 Å². The van der Waals surface area contributed by atoms with Crippen molar-refractivity contribution in [3.63, 3.8) is 0 Å². The summed E-state index contributed by atoms with van der Waals surface area (Å²) in [5.74, 6) is 0. The first-order valence-corrected chi connectivity index (χ1v) is 11.4. The molecule has 0 aliphatic heterocycles. The van der Waals surface area contributed by atoms with E-state index < -0.39 is 0 Å². The van der Waals surface area contributed by atoms with Gasteiger partial charge in [-0.3, -0.25) is 0 Å². The number of fused-ring (bicyclic) bond motifs is 7. The van der Waals surface area contributed by atoms with Gasteiger partial charge in [0.25, 0.3) is 0 Å². The molecule has 0 aliphatic carbocycles. The summed E-state index contributed by atoms with van der Waals surface area (Å²) in [5, 5.41) is 9.12. The lowest BCUT2D eigenvalue weighted by atomic mass is 9.92. The lowest BCUT2D eigenvalue weighted by molar-refractivity contribution is 1.13. The molecule has 0 atom stereocenters. The fourth-order valence-electron chi connectivity index (χ4n) is 5.29. The highest BCUT2D eigenvalue weighted by Gasteiger charge is 2.14. The minimum absolute atomic E-state index is 1.18. The molecule has 0 fully saturated rings. The Bertz CT molecular complexity index is 1770. The monoisotopic (exact) mass is 419 g/mol. The van der Waals surface area contributed by atoms with Gasteiger partial charge in [-0.25, -0.2) is 0 Å². The Balaban J connectivity index is 1.56. The highest BCUT2D eigenvalue weighted by molar-refractivity contribution is 6.25. The third-order valence-electron chi connectivity index (χ3n) is 6.80. The minimum Gasteiger partial charge on any atom is -0.316 e. The predicted octanol–water partition coefficient (Wildman–Crippen LogP) is 8.76. The Hall–Kier alpha value is -4.36. The van der Waals surface area contributed by atoms with Crippen molar-refractivity contribution >= 4 is 43.2 Å². The van der Waals surface area contributed by atoms with Crippen LogP contribution < -0.4 is 0 Å². The van der Waals surface area contributed by atoms with Crippen LogP contribution in [0.2, 0.25) is 0 Å². The molecule has 6 aromatic carbocycles. The average molecular weight is 420 g/mol. The molecule has 0 saturated heterocycles. The average Bonchev–Trinajstić information content (AvgIpc) is 3.29. The van der Waals surface area contributed by atoms with Gasteiger partial charge in [-0.15, -0.1) is 0 Å². The van der Waals surface area contributed by atoms with Gasteiger partial charge in [0.15, 0.2) is 0 Å². The molecule has 7 aromatic rings. The van der Waals surface area contributed by atoms with E-state index in [1.54, 1.807) is 0 Å². The third-order valence-corrected chi connectivity index (χ3v) is 6.80. The van der Waals surface area contributed by atoms with Gasteiger partial charge in [0.05, 0.1) is 5.52 Å². The lowest BCUT2D eigenvalue weighted by Crippen LogP contribution is -1.90. The van der Waals surface area contributed by atoms with E-state index in [4.69, 9.17) is 0 Å². The van der Waals surface area contributed by atoms with E-state index >= 15 is 0 Å². The molecule has 0 amide bonds. The number of hydrogen-bond donors (Lipinski definition) is 0. The largest absolute Gasteiger partial charge is 0.316 e. The number of benzene rings is 6. The summed E-state index contributed by atoms with van der Waals surface area (Å²) in [6, 6.07) is 43.7. The number of hydrogen-bond acceptors (Lipinski definition) is 0. The Kier molecular flexibility index (Phi) is 3.91. The smallest absolute Gasteiger partial charge is 0.0534 e. The second kappa shape index (κ2) is 7.08. The van der Waals surface area contributed by atoms with Crippen LogP contribution in [0.1, 0.15) is 0 Å². The van der Waals surface area contributed by atoms with Gasteiger partial charge in [0, 0.05) is 22.8 Å². The molecule has 1 heterocycles. The van der Waals surface area contributed by atoms with Crippen molar-refractivity contribution in [1.82, 2.24) is 4.57 Å². The van der Waals surface area contributed by atoms with Gasteiger partial charge in [0.2, 0.25) is 0 Å². The van der Waals surface area contributed by atoms with E-state index in [-0.39, 0.29) is 0 Å². The van der Waals surface area contributed by atoms with E-state index in [0.717, 1.165) is 0 Å². The Morgan fingerprint density at radius 1 is 0.394 bits per heavy atom. The predicted molar refractivity (Wildman–Crippen MR) is 141 cm³/mol. The first-order valence-electron chi connectivity index (χ1n) is 11.4. The third kappa shape index (κ3) is 2.73. The fourth-order valence-corrected chi connectivity index (χ4v) is 5.29. The van der Waals surface area contributed by atoms with Crippen LogP contribution in [0.25, 0.3) is 60.0 Å². The summed E-state index contributed by atoms with van der Waals surface area (Å²) < 4.78 is 2.30. The summed E-state index contributed by atoms with van der Waals surface area (Å²) in [6.45, 7) is 0. The zero-order chi connectivity index (χ0) is 21.8. The molecule has 154 valence electrons. The van der Waals surface area contributed by atoms with Crippen molar-refractivity contribution < 1.29 is 0 Å². The SMILES string of the molecule is c1ccc(-n2cc(-c3ccc4c5ccccc5c5ccccc5c4c3)c3ccccc32)cc1. The van der Waals surface area contributed by atoms with Crippen molar-refractivity contribution in [2.75, 3.05) is 0 Å². The van der Waals surface area contributed by atoms with E-state index in [9.17, 15) is 0 Å². The highest BCUT2D eigenvalue weighted by atomic mass is 15.0. The normalized spacial score (nSPS) is 11.6. The van der Waals surface area contributed by atoms with Crippen molar-refractivity contribution in [1.29, 1.82) is 0 Å². The van der Waals surface area contributed by atoms with Crippen LogP contribution in [-0.2, 0) is 0 Å².